The van der Waals surface area contributed by atoms with E-state index in [-0.39, 0.29) is 12.1 Å². The molecule has 1 N–H and O–H groups in total. The fourth-order valence-electron chi connectivity index (χ4n) is 3.60. The van der Waals surface area contributed by atoms with E-state index < -0.39 is 0 Å². The average molecular weight is 371 g/mol. The summed E-state index contributed by atoms with van der Waals surface area (Å²) >= 11 is 0. The minimum atomic E-state index is -0.251. The van der Waals surface area contributed by atoms with Crippen molar-refractivity contribution in [1.29, 1.82) is 0 Å². The van der Waals surface area contributed by atoms with Crippen LogP contribution in [0.4, 0.5) is 17.1 Å². The van der Waals surface area contributed by atoms with E-state index in [1.165, 1.54) is 5.56 Å². The van der Waals surface area contributed by atoms with E-state index in [1.54, 1.807) is 0 Å². The molecular weight excluding hydrogens is 346 g/mol. The van der Waals surface area contributed by atoms with Crippen molar-refractivity contribution in [2.24, 2.45) is 0 Å². The Morgan fingerprint density at radius 2 is 1.61 bits per heavy atom. The maximum Gasteiger partial charge on any atom is 0.262 e. The molecule has 1 unspecified atom stereocenters. The highest BCUT2D eigenvalue weighted by atomic mass is 16.2. The van der Waals surface area contributed by atoms with Gasteiger partial charge in [-0.2, -0.15) is 0 Å². The number of amides is 1. The van der Waals surface area contributed by atoms with Crippen molar-refractivity contribution in [3.05, 3.63) is 89.5 Å². The number of carbonyl (C=O) groups excluding carboxylic acids is 1. The van der Waals surface area contributed by atoms with E-state index in [0.29, 0.717) is 5.56 Å². The zero-order valence-corrected chi connectivity index (χ0v) is 16.5. The Hall–Kier alpha value is -3.27. The van der Waals surface area contributed by atoms with Crippen LogP contribution in [0.15, 0.2) is 72.8 Å². The van der Waals surface area contributed by atoms with Crippen molar-refractivity contribution in [3.63, 3.8) is 0 Å². The molecule has 142 valence electrons. The number of nitrogens with one attached hydrogen (secondary N) is 1. The van der Waals surface area contributed by atoms with Gasteiger partial charge in [-0.1, -0.05) is 43.3 Å². The molecule has 0 aliphatic carbocycles. The summed E-state index contributed by atoms with van der Waals surface area (Å²) in [6.07, 6.45) is 0.745. The number of hydrogen-bond acceptors (Lipinski definition) is 3. The van der Waals surface area contributed by atoms with Crippen LogP contribution in [0, 0.1) is 0 Å². The highest BCUT2D eigenvalue weighted by Gasteiger charge is 2.33. The third-order valence-corrected chi connectivity index (χ3v) is 5.27. The summed E-state index contributed by atoms with van der Waals surface area (Å²) in [5, 5.41) is 3.56. The topological polar surface area (TPSA) is 35.6 Å². The second-order valence-electron chi connectivity index (χ2n) is 7.27. The number of benzene rings is 3. The van der Waals surface area contributed by atoms with E-state index in [0.717, 1.165) is 29.0 Å². The van der Waals surface area contributed by atoms with Gasteiger partial charge in [0.1, 0.15) is 6.17 Å². The summed E-state index contributed by atoms with van der Waals surface area (Å²) in [5.41, 5.74) is 5.90. The normalized spacial score (nSPS) is 15.8. The summed E-state index contributed by atoms with van der Waals surface area (Å²) in [4.78, 5) is 17.3. The molecule has 1 aliphatic heterocycles. The fourth-order valence-corrected chi connectivity index (χ4v) is 3.60. The predicted octanol–water partition coefficient (Wildman–Crippen LogP) is 5.09. The second kappa shape index (κ2) is 7.39. The maximum absolute atomic E-state index is 13.4. The molecule has 1 amide bonds. The highest BCUT2D eigenvalue weighted by molar-refractivity contribution is 6.12. The van der Waals surface area contributed by atoms with Gasteiger partial charge in [-0.05, 0) is 53.9 Å². The van der Waals surface area contributed by atoms with Gasteiger partial charge in [0.05, 0.1) is 5.56 Å². The molecule has 0 aromatic heterocycles. The largest absolute Gasteiger partial charge is 0.378 e. The molecule has 4 rings (SSSR count). The maximum atomic E-state index is 13.4. The summed E-state index contributed by atoms with van der Waals surface area (Å²) in [6.45, 7) is 2.15. The second-order valence-corrected chi connectivity index (χ2v) is 7.27. The molecule has 1 aliphatic rings. The first-order valence-electron chi connectivity index (χ1n) is 9.64. The van der Waals surface area contributed by atoms with Gasteiger partial charge < -0.3 is 10.2 Å². The lowest BCUT2D eigenvalue weighted by atomic mass is 10.0. The predicted molar refractivity (Wildman–Crippen MR) is 116 cm³/mol. The van der Waals surface area contributed by atoms with E-state index >= 15 is 0 Å². The quantitative estimate of drug-likeness (QED) is 0.694. The molecule has 4 heteroatoms. The Labute approximate surface area is 166 Å². The van der Waals surface area contributed by atoms with Crippen LogP contribution in [0.25, 0.3) is 0 Å². The Bertz CT molecular complexity index is 977. The number of para-hydroxylation sites is 1. The van der Waals surface area contributed by atoms with E-state index in [9.17, 15) is 4.79 Å². The lowest BCUT2D eigenvalue weighted by molar-refractivity contribution is 0.0975. The van der Waals surface area contributed by atoms with Gasteiger partial charge in [-0.3, -0.25) is 9.69 Å². The third-order valence-electron chi connectivity index (χ3n) is 5.27. The molecule has 0 radical (unpaired) electrons. The number of carbonyl (C=O) groups is 1. The van der Waals surface area contributed by atoms with Crippen LogP contribution in [0.1, 0.15) is 34.6 Å². The number of rotatable bonds is 4. The monoisotopic (exact) mass is 371 g/mol. The molecule has 1 heterocycles. The van der Waals surface area contributed by atoms with Crippen LogP contribution in [0.3, 0.4) is 0 Å². The minimum absolute atomic E-state index is 0.0107. The molecule has 1 atom stereocenters. The molecule has 4 nitrogen and oxygen atoms in total. The van der Waals surface area contributed by atoms with E-state index in [4.69, 9.17) is 0 Å². The van der Waals surface area contributed by atoms with Crippen molar-refractivity contribution in [2.75, 3.05) is 29.2 Å². The number of fused-ring (bicyclic) bond motifs is 1. The van der Waals surface area contributed by atoms with Crippen LogP contribution in [-0.2, 0) is 6.42 Å². The number of hydrogen-bond donors (Lipinski definition) is 1. The average Bonchev–Trinajstić information content (AvgIpc) is 2.74. The number of nitrogens with zero attached hydrogens (tertiary/aromatic N) is 2. The Balaban J connectivity index is 1.79. The van der Waals surface area contributed by atoms with Crippen LogP contribution in [0.2, 0.25) is 0 Å². The van der Waals surface area contributed by atoms with Crippen molar-refractivity contribution in [1.82, 2.24) is 0 Å². The van der Waals surface area contributed by atoms with Crippen LogP contribution in [-0.4, -0.2) is 20.0 Å². The molecule has 28 heavy (non-hydrogen) atoms. The lowest BCUT2D eigenvalue weighted by Crippen LogP contribution is -2.43. The Morgan fingerprint density at radius 1 is 0.929 bits per heavy atom. The molecule has 0 spiro atoms. The Kier molecular flexibility index (Phi) is 4.78. The van der Waals surface area contributed by atoms with E-state index in [1.807, 2.05) is 67.5 Å². The zero-order valence-electron chi connectivity index (χ0n) is 16.5. The fraction of sp³-hybridized carbons (Fsp3) is 0.208. The lowest BCUT2D eigenvalue weighted by Gasteiger charge is -2.38. The van der Waals surface area contributed by atoms with Crippen molar-refractivity contribution in [2.45, 2.75) is 19.5 Å². The van der Waals surface area contributed by atoms with Gasteiger partial charge in [0, 0.05) is 31.2 Å². The molecular formula is C24H25N3O. The molecule has 3 aromatic carbocycles. The summed E-state index contributed by atoms with van der Waals surface area (Å²) in [7, 11) is 4.02. The zero-order chi connectivity index (χ0) is 19.7. The SMILES string of the molecule is CCc1ccc(C2Nc3ccccc3C(=O)N2c2ccc(N(C)C)cc2)cc1. The van der Waals surface area contributed by atoms with Gasteiger partial charge in [-0.15, -0.1) is 0 Å². The number of anilines is 3. The highest BCUT2D eigenvalue weighted by Crippen LogP contribution is 2.37. The summed E-state index contributed by atoms with van der Waals surface area (Å²) < 4.78 is 0. The van der Waals surface area contributed by atoms with Crippen LogP contribution in [0.5, 0.6) is 0 Å². The third kappa shape index (κ3) is 3.22. The minimum Gasteiger partial charge on any atom is -0.378 e. The molecule has 3 aromatic rings. The number of aryl methyl sites for hydroxylation is 1. The van der Waals surface area contributed by atoms with Gasteiger partial charge in [0.2, 0.25) is 0 Å². The first-order chi connectivity index (χ1) is 13.6. The standard InChI is InChI=1S/C24H25N3O/c1-4-17-9-11-18(12-10-17)23-25-22-8-6-5-7-21(22)24(28)27(23)20-15-13-19(14-16-20)26(2)3/h5-16,23,25H,4H2,1-3H3. The van der Waals surface area contributed by atoms with Gasteiger partial charge in [0.25, 0.3) is 5.91 Å². The molecule has 0 saturated carbocycles. The first-order valence-corrected chi connectivity index (χ1v) is 9.64. The Morgan fingerprint density at radius 3 is 2.25 bits per heavy atom. The molecule has 0 fully saturated rings. The van der Waals surface area contributed by atoms with E-state index in [2.05, 4.69) is 41.4 Å². The molecule has 0 bridgehead atoms. The van der Waals surface area contributed by atoms with Crippen molar-refractivity contribution < 1.29 is 4.79 Å². The van der Waals surface area contributed by atoms with Crippen LogP contribution >= 0.6 is 0 Å². The summed E-state index contributed by atoms with van der Waals surface area (Å²) in [6, 6.07) is 24.3. The van der Waals surface area contributed by atoms with Crippen molar-refractivity contribution in [3.8, 4) is 0 Å². The smallest absolute Gasteiger partial charge is 0.262 e. The van der Waals surface area contributed by atoms with Crippen molar-refractivity contribution >= 4 is 23.0 Å². The summed E-state index contributed by atoms with van der Waals surface area (Å²) in [5.74, 6) is 0.0107. The van der Waals surface area contributed by atoms with Gasteiger partial charge in [-0.25, -0.2) is 0 Å². The molecule has 0 saturated heterocycles. The van der Waals surface area contributed by atoms with Gasteiger partial charge >= 0.3 is 0 Å². The van der Waals surface area contributed by atoms with Gasteiger partial charge in [0.15, 0.2) is 0 Å². The first kappa shape index (κ1) is 18.1. The van der Waals surface area contributed by atoms with Crippen LogP contribution < -0.4 is 15.1 Å².